The molecule has 4 heteroatoms. The van der Waals surface area contributed by atoms with Crippen LogP contribution in [0.4, 0.5) is 0 Å². The first-order valence-corrected chi connectivity index (χ1v) is 9.26. The lowest BCUT2D eigenvalue weighted by molar-refractivity contribution is 0.119. The number of aryl methyl sites for hydroxylation is 1. The summed E-state index contributed by atoms with van der Waals surface area (Å²) >= 11 is 0. The summed E-state index contributed by atoms with van der Waals surface area (Å²) in [6.45, 7) is 9.66. The first-order chi connectivity index (χ1) is 12.3. The minimum Gasteiger partial charge on any atom is -0.327 e. The van der Waals surface area contributed by atoms with Gasteiger partial charge in [0.2, 0.25) is 0 Å². The molecule has 0 aliphatic carbocycles. The number of aromatic nitrogens is 2. The van der Waals surface area contributed by atoms with Crippen molar-refractivity contribution in [3.63, 3.8) is 0 Å². The summed E-state index contributed by atoms with van der Waals surface area (Å²) < 4.78 is 2.35. The van der Waals surface area contributed by atoms with Crippen molar-refractivity contribution in [2.75, 3.05) is 26.2 Å². The fraction of sp³-hybridized carbons (Fsp3) is 0.381. The van der Waals surface area contributed by atoms with Gasteiger partial charge in [-0.15, -0.1) is 0 Å². The summed E-state index contributed by atoms with van der Waals surface area (Å²) in [4.78, 5) is 9.96. The number of imidazole rings is 1. The number of benzene rings is 2. The molecule has 1 aromatic heterocycles. The molecule has 0 unspecified atom stereocenters. The van der Waals surface area contributed by atoms with Crippen LogP contribution in [-0.4, -0.2) is 45.5 Å². The van der Waals surface area contributed by atoms with Crippen molar-refractivity contribution >= 4 is 11.0 Å². The maximum atomic E-state index is 4.87. The van der Waals surface area contributed by atoms with Crippen LogP contribution < -0.4 is 0 Å². The third-order valence-corrected chi connectivity index (χ3v) is 5.13. The van der Waals surface area contributed by atoms with E-state index >= 15 is 0 Å². The lowest BCUT2D eigenvalue weighted by Gasteiger charge is -2.34. The van der Waals surface area contributed by atoms with Crippen LogP contribution in [0.15, 0.2) is 54.6 Å². The van der Waals surface area contributed by atoms with Crippen molar-refractivity contribution in [2.24, 2.45) is 0 Å². The standard InChI is InChI=1S/C21H26N4/c1-2-25-20-11-7-6-10-19(20)22-21(25)17-24-14-12-23(13-15-24)16-18-8-4-3-5-9-18/h3-11H,2,12-17H2,1H3. The van der Waals surface area contributed by atoms with E-state index in [4.69, 9.17) is 4.98 Å². The molecule has 0 N–H and O–H groups in total. The van der Waals surface area contributed by atoms with Crippen LogP contribution in [0.5, 0.6) is 0 Å². The van der Waals surface area contributed by atoms with Crippen LogP contribution in [0.2, 0.25) is 0 Å². The zero-order valence-electron chi connectivity index (χ0n) is 14.9. The van der Waals surface area contributed by atoms with Crippen LogP contribution in [0, 0.1) is 0 Å². The van der Waals surface area contributed by atoms with Crippen molar-refractivity contribution < 1.29 is 0 Å². The minimum absolute atomic E-state index is 0.946. The number of piperazine rings is 1. The Morgan fingerprint density at radius 2 is 1.44 bits per heavy atom. The SMILES string of the molecule is CCn1c(CN2CCN(Cc3ccccc3)CC2)nc2ccccc21. The van der Waals surface area contributed by atoms with E-state index in [2.05, 4.69) is 75.9 Å². The molecule has 2 heterocycles. The quantitative estimate of drug-likeness (QED) is 0.715. The second-order valence-corrected chi connectivity index (χ2v) is 6.80. The van der Waals surface area contributed by atoms with Crippen molar-refractivity contribution in [3.8, 4) is 0 Å². The van der Waals surface area contributed by atoms with Gasteiger partial charge in [0.05, 0.1) is 17.6 Å². The summed E-state index contributed by atoms with van der Waals surface area (Å²) in [5.41, 5.74) is 3.77. The molecule has 0 bridgehead atoms. The lowest BCUT2D eigenvalue weighted by atomic mass is 10.2. The highest BCUT2D eigenvalue weighted by molar-refractivity contribution is 5.75. The minimum atomic E-state index is 0.946. The molecule has 4 nitrogen and oxygen atoms in total. The Morgan fingerprint density at radius 3 is 2.16 bits per heavy atom. The Labute approximate surface area is 149 Å². The molecule has 0 saturated carbocycles. The Bertz CT molecular complexity index is 816. The van der Waals surface area contributed by atoms with Crippen molar-refractivity contribution in [3.05, 3.63) is 66.0 Å². The van der Waals surface area contributed by atoms with Gasteiger partial charge in [0.25, 0.3) is 0 Å². The topological polar surface area (TPSA) is 24.3 Å². The maximum Gasteiger partial charge on any atom is 0.124 e. The fourth-order valence-electron chi connectivity index (χ4n) is 3.75. The largest absolute Gasteiger partial charge is 0.327 e. The smallest absolute Gasteiger partial charge is 0.124 e. The van der Waals surface area contributed by atoms with Gasteiger partial charge in [-0.25, -0.2) is 4.98 Å². The summed E-state index contributed by atoms with van der Waals surface area (Å²) in [7, 11) is 0. The molecular formula is C21H26N4. The van der Waals surface area contributed by atoms with E-state index in [0.717, 1.165) is 51.3 Å². The molecular weight excluding hydrogens is 308 g/mol. The third kappa shape index (κ3) is 3.60. The van der Waals surface area contributed by atoms with Gasteiger partial charge < -0.3 is 4.57 Å². The molecule has 2 aromatic carbocycles. The van der Waals surface area contributed by atoms with Crippen molar-refractivity contribution in [1.82, 2.24) is 19.4 Å². The number of nitrogens with zero attached hydrogens (tertiary/aromatic N) is 4. The van der Waals surface area contributed by atoms with Gasteiger partial charge in [0.1, 0.15) is 5.82 Å². The zero-order chi connectivity index (χ0) is 17.1. The number of rotatable bonds is 5. The molecule has 1 aliphatic heterocycles. The number of para-hydroxylation sites is 2. The summed E-state index contributed by atoms with van der Waals surface area (Å²) in [5.74, 6) is 1.19. The summed E-state index contributed by atoms with van der Waals surface area (Å²) in [5, 5.41) is 0. The van der Waals surface area contributed by atoms with Crippen molar-refractivity contribution in [2.45, 2.75) is 26.6 Å². The second-order valence-electron chi connectivity index (χ2n) is 6.80. The van der Waals surface area contributed by atoms with E-state index in [0.29, 0.717) is 0 Å². The molecule has 3 aromatic rings. The number of fused-ring (bicyclic) bond motifs is 1. The van der Waals surface area contributed by atoms with Gasteiger partial charge in [-0.1, -0.05) is 42.5 Å². The van der Waals surface area contributed by atoms with Gasteiger partial charge in [-0.05, 0) is 24.6 Å². The number of hydrogen-bond acceptors (Lipinski definition) is 3. The number of hydrogen-bond donors (Lipinski definition) is 0. The van der Waals surface area contributed by atoms with Crippen LogP contribution in [-0.2, 0) is 19.6 Å². The summed E-state index contributed by atoms with van der Waals surface area (Å²) in [6, 6.07) is 19.2. The Morgan fingerprint density at radius 1 is 0.800 bits per heavy atom. The highest BCUT2D eigenvalue weighted by atomic mass is 15.3. The molecule has 0 atom stereocenters. The first kappa shape index (κ1) is 16.3. The molecule has 0 radical (unpaired) electrons. The predicted molar refractivity (Wildman–Crippen MR) is 102 cm³/mol. The molecule has 0 amide bonds. The molecule has 130 valence electrons. The first-order valence-electron chi connectivity index (χ1n) is 9.26. The third-order valence-electron chi connectivity index (χ3n) is 5.13. The van der Waals surface area contributed by atoms with Crippen molar-refractivity contribution in [1.29, 1.82) is 0 Å². The Kier molecular flexibility index (Phi) is 4.81. The van der Waals surface area contributed by atoms with Gasteiger partial charge in [-0.3, -0.25) is 9.80 Å². The van der Waals surface area contributed by atoms with Crippen LogP contribution in [0.1, 0.15) is 18.3 Å². The van der Waals surface area contributed by atoms with Crippen LogP contribution in [0.3, 0.4) is 0 Å². The average molecular weight is 334 g/mol. The van der Waals surface area contributed by atoms with Gasteiger partial charge >= 0.3 is 0 Å². The van der Waals surface area contributed by atoms with Gasteiger partial charge in [-0.2, -0.15) is 0 Å². The highest BCUT2D eigenvalue weighted by Gasteiger charge is 2.19. The molecule has 25 heavy (non-hydrogen) atoms. The summed E-state index contributed by atoms with van der Waals surface area (Å²) in [6.07, 6.45) is 0. The van der Waals surface area contributed by atoms with E-state index in [1.165, 1.54) is 16.9 Å². The Balaban J connectivity index is 1.39. The van der Waals surface area contributed by atoms with Crippen LogP contribution >= 0.6 is 0 Å². The van der Waals surface area contributed by atoms with Crippen LogP contribution in [0.25, 0.3) is 11.0 Å². The van der Waals surface area contributed by atoms with E-state index in [-0.39, 0.29) is 0 Å². The zero-order valence-corrected chi connectivity index (χ0v) is 14.9. The highest BCUT2D eigenvalue weighted by Crippen LogP contribution is 2.18. The second kappa shape index (κ2) is 7.38. The molecule has 1 saturated heterocycles. The fourth-order valence-corrected chi connectivity index (χ4v) is 3.75. The van der Waals surface area contributed by atoms with E-state index < -0.39 is 0 Å². The van der Waals surface area contributed by atoms with Gasteiger partial charge in [0.15, 0.2) is 0 Å². The molecule has 1 aliphatic rings. The van der Waals surface area contributed by atoms with E-state index in [1.807, 2.05) is 0 Å². The monoisotopic (exact) mass is 334 g/mol. The van der Waals surface area contributed by atoms with E-state index in [9.17, 15) is 0 Å². The predicted octanol–water partition coefficient (Wildman–Crippen LogP) is 3.37. The van der Waals surface area contributed by atoms with E-state index in [1.54, 1.807) is 0 Å². The van der Waals surface area contributed by atoms with Gasteiger partial charge in [0, 0.05) is 39.3 Å². The molecule has 0 spiro atoms. The maximum absolute atomic E-state index is 4.87. The molecule has 1 fully saturated rings. The lowest BCUT2D eigenvalue weighted by Crippen LogP contribution is -2.45. The molecule has 4 rings (SSSR count). The Hall–Kier alpha value is -2.17. The average Bonchev–Trinajstić information content (AvgIpc) is 3.01. The normalized spacial score (nSPS) is 16.5.